The molecule has 3 aromatic rings. The van der Waals surface area contributed by atoms with Gasteiger partial charge in [-0.2, -0.15) is 5.26 Å². The van der Waals surface area contributed by atoms with Gasteiger partial charge in [-0.25, -0.2) is 0 Å². The van der Waals surface area contributed by atoms with Gasteiger partial charge in [0.05, 0.1) is 3.57 Å². The van der Waals surface area contributed by atoms with Crippen LogP contribution < -0.4 is 10.1 Å². The number of amides is 1. The zero-order chi connectivity index (χ0) is 21.5. The molecule has 150 valence electrons. The Kier molecular flexibility index (Phi) is 7.50. The minimum absolute atomic E-state index is 0.0242. The Balaban J connectivity index is 1.71. The predicted octanol–water partition coefficient (Wildman–Crippen LogP) is 6.38. The van der Waals surface area contributed by atoms with Crippen molar-refractivity contribution in [2.45, 2.75) is 13.5 Å². The number of carbonyl (C=O) groups excluding carboxylic acids is 1. The Morgan fingerprint density at radius 1 is 1.17 bits per heavy atom. The van der Waals surface area contributed by atoms with Crippen molar-refractivity contribution in [3.63, 3.8) is 0 Å². The maximum atomic E-state index is 12.4. The van der Waals surface area contributed by atoms with Gasteiger partial charge in [-0.15, -0.1) is 0 Å². The van der Waals surface area contributed by atoms with Crippen molar-refractivity contribution in [3.8, 4) is 11.8 Å². The monoisotopic (exact) mass is 528 g/mol. The Hall–Kier alpha value is -2.82. The maximum absolute atomic E-state index is 12.4. The fourth-order valence-corrected chi connectivity index (χ4v) is 3.53. The van der Waals surface area contributed by atoms with Crippen LogP contribution in [0.5, 0.6) is 5.75 Å². The lowest BCUT2D eigenvalue weighted by Gasteiger charge is -2.10. The molecule has 0 aliphatic heterocycles. The zero-order valence-electron chi connectivity index (χ0n) is 16.2. The van der Waals surface area contributed by atoms with Gasteiger partial charge in [-0.1, -0.05) is 53.6 Å². The Bertz CT molecular complexity index is 1130. The lowest BCUT2D eigenvalue weighted by atomic mass is 10.1. The highest BCUT2D eigenvalue weighted by Gasteiger charge is 2.11. The second-order valence-electron chi connectivity index (χ2n) is 6.56. The number of nitrogens with zero attached hydrogens (tertiary/aromatic N) is 1. The summed E-state index contributed by atoms with van der Waals surface area (Å²) in [6.45, 7) is 2.32. The molecule has 1 N–H and O–H groups in total. The van der Waals surface area contributed by atoms with Crippen molar-refractivity contribution < 1.29 is 9.53 Å². The molecule has 0 bridgehead atoms. The van der Waals surface area contributed by atoms with Crippen molar-refractivity contribution >= 4 is 51.9 Å². The fourth-order valence-electron chi connectivity index (χ4n) is 2.65. The SMILES string of the molecule is Cc1ccc(NC(=O)/C(C#N)=C/c2ccc(OCc3ccccc3Cl)c(I)c2)cc1. The molecule has 0 unspecified atom stereocenters. The van der Waals surface area contributed by atoms with Crippen molar-refractivity contribution in [1.82, 2.24) is 0 Å². The number of nitriles is 1. The summed E-state index contributed by atoms with van der Waals surface area (Å²) in [4.78, 5) is 12.4. The number of halogens is 2. The van der Waals surface area contributed by atoms with Crippen LogP contribution in [0, 0.1) is 21.8 Å². The number of benzene rings is 3. The summed E-state index contributed by atoms with van der Waals surface area (Å²) in [5.41, 5.74) is 3.40. The van der Waals surface area contributed by atoms with Crippen LogP contribution in [-0.2, 0) is 11.4 Å². The van der Waals surface area contributed by atoms with E-state index >= 15 is 0 Å². The van der Waals surface area contributed by atoms with Gasteiger partial charge in [0.2, 0.25) is 0 Å². The normalized spacial score (nSPS) is 10.9. The summed E-state index contributed by atoms with van der Waals surface area (Å²) in [5.74, 6) is 0.255. The highest BCUT2D eigenvalue weighted by Crippen LogP contribution is 2.25. The van der Waals surface area contributed by atoms with Gasteiger partial charge in [0.15, 0.2) is 0 Å². The molecule has 3 aromatic carbocycles. The zero-order valence-corrected chi connectivity index (χ0v) is 19.1. The van der Waals surface area contributed by atoms with Crippen LogP contribution in [0.1, 0.15) is 16.7 Å². The van der Waals surface area contributed by atoms with Crippen LogP contribution in [0.4, 0.5) is 5.69 Å². The van der Waals surface area contributed by atoms with E-state index in [1.165, 1.54) is 0 Å². The van der Waals surface area contributed by atoms with E-state index in [4.69, 9.17) is 16.3 Å². The molecule has 0 atom stereocenters. The lowest BCUT2D eigenvalue weighted by Crippen LogP contribution is -2.13. The topological polar surface area (TPSA) is 62.1 Å². The molecule has 4 nitrogen and oxygen atoms in total. The fraction of sp³-hybridized carbons (Fsp3) is 0.0833. The van der Waals surface area contributed by atoms with Gasteiger partial charge in [0.25, 0.3) is 5.91 Å². The molecule has 0 saturated carbocycles. The number of anilines is 1. The average Bonchev–Trinajstić information content (AvgIpc) is 2.74. The molecule has 0 heterocycles. The number of carbonyl (C=O) groups is 1. The predicted molar refractivity (Wildman–Crippen MR) is 128 cm³/mol. The minimum Gasteiger partial charge on any atom is -0.488 e. The molecule has 3 rings (SSSR count). The third kappa shape index (κ3) is 5.85. The summed E-state index contributed by atoms with van der Waals surface area (Å²) in [5, 5.41) is 12.8. The van der Waals surface area contributed by atoms with E-state index in [1.54, 1.807) is 24.3 Å². The maximum Gasteiger partial charge on any atom is 0.266 e. The first kappa shape index (κ1) is 21.9. The highest BCUT2D eigenvalue weighted by atomic mass is 127. The third-order valence-corrected chi connectivity index (χ3v) is 5.49. The molecule has 0 fully saturated rings. The van der Waals surface area contributed by atoms with Gasteiger partial charge < -0.3 is 10.1 Å². The Morgan fingerprint density at radius 2 is 1.90 bits per heavy atom. The molecule has 0 radical (unpaired) electrons. The van der Waals surface area contributed by atoms with Crippen molar-refractivity contribution in [2.75, 3.05) is 5.32 Å². The summed E-state index contributed by atoms with van der Waals surface area (Å²) in [6, 6.07) is 22.4. The Labute approximate surface area is 194 Å². The van der Waals surface area contributed by atoms with Crippen LogP contribution in [0.2, 0.25) is 5.02 Å². The average molecular weight is 529 g/mol. The molecule has 0 aliphatic rings. The number of nitrogens with one attached hydrogen (secondary N) is 1. The van der Waals surface area contributed by atoms with Gasteiger partial charge >= 0.3 is 0 Å². The molecule has 0 spiro atoms. The van der Waals surface area contributed by atoms with Crippen molar-refractivity contribution in [1.29, 1.82) is 5.26 Å². The minimum atomic E-state index is -0.449. The summed E-state index contributed by atoms with van der Waals surface area (Å²) < 4.78 is 6.73. The van der Waals surface area contributed by atoms with Crippen LogP contribution in [-0.4, -0.2) is 5.91 Å². The van der Waals surface area contributed by atoms with Gasteiger partial charge in [0.1, 0.15) is 24.0 Å². The van der Waals surface area contributed by atoms with E-state index < -0.39 is 5.91 Å². The molecule has 6 heteroatoms. The standard InChI is InChI=1S/C24H18ClIN2O2/c1-16-6-9-20(10-7-16)28-24(29)19(14-27)12-17-8-11-23(22(26)13-17)30-15-18-4-2-3-5-21(18)25/h2-13H,15H2,1H3,(H,28,29)/b19-12+. The first-order valence-corrected chi connectivity index (χ1v) is 10.6. The smallest absolute Gasteiger partial charge is 0.266 e. The molecular weight excluding hydrogens is 511 g/mol. The van der Waals surface area contributed by atoms with E-state index in [-0.39, 0.29) is 5.57 Å². The highest BCUT2D eigenvalue weighted by molar-refractivity contribution is 14.1. The molecule has 0 aliphatic carbocycles. The van der Waals surface area contributed by atoms with Crippen LogP contribution in [0.25, 0.3) is 6.08 Å². The number of aryl methyl sites for hydroxylation is 1. The Morgan fingerprint density at radius 3 is 2.57 bits per heavy atom. The summed E-state index contributed by atoms with van der Waals surface area (Å²) in [6.07, 6.45) is 1.56. The lowest BCUT2D eigenvalue weighted by molar-refractivity contribution is -0.112. The van der Waals surface area contributed by atoms with Crippen molar-refractivity contribution in [3.05, 3.63) is 97.6 Å². The van der Waals surface area contributed by atoms with Gasteiger partial charge in [0, 0.05) is 16.3 Å². The number of hydrogen-bond donors (Lipinski definition) is 1. The number of ether oxygens (including phenoxy) is 1. The van der Waals surface area contributed by atoms with E-state index in [0.717, 1.165) is 20.3 Å². The van der Waals surface area contributed by atoms with E-state index in [1.807, 2.05) is 61.5 Å². The molecule has 0 aromatic heterocycles. The van der Waals surface area contributed by atoms with Crippen LogP contribution >= 0.6 is 34.2 Å². The summed E-state index contributed by atoms with van der Waals surface area (Å²) >= 11 is 8.33. The molecular formula is C24H18ClIN2O2. The van der Waals surface area contributed by atoms with E-state index in [2.05, 4.69) is 27.9 Å². The van der Waals surface area contributed by atoms with E-state index in [9.17, 15) is 10.1 Å². The van der Waals surface area contributed by atoms with Gasteiger partial charge in [-0.05, 0) is 71.5 Å². The summed E-state index contributed by atoms with van der Waals surface area (Å²) in [7, 11) is 0. The second kappa shape index (κ2) is 10.3. The third-order valence-electron chi connectivity index (χ3n) is 4.28. The van der Waals surface area contributed by atoms with Crippen LogP contribution in [0.3, 0.4) is 0 Å². The molecule has 1 amide bonds. The first-order chi connectivity index (χ1) is 14.5. The first-order valence-electron chi connectivity index (χ1n) is 9.12. The molecule has 0 saturated heterocycles. The van der Waals surface area contributed by atoms with Crippen LogP contribution in [0.15, 0.2) is 72.3 Å². The number of rotatable bonds is 6. The quantitative estimate of drug-likeness (QED) is 0.229. The van der Waals surface area contributed by atoms with Crippen molar-refractivity contribution in [2.24, 2.45) is 0 Å². The number of hydrogen-bond acceptors (Lipinski definition) is 3. The van der Waals surface area contributed by atoms with Gasteiger partial charge in [-0.3, -0.25) is 4.79 Å². The van der Waals surface area contributed by atoms with E-state index in [0.29, 0.717) is 23.1 Å². The molecule has 30 heavy (non-hydrogen) atoms. The largest absolute Gasteiger partial charge is 0.488 e. The second-order valence-corrected chi connectivity index (χ2v) is 8.13.